The number of nitro groups is 1. The van der Waals surface area contributed by atoms with Gasteiger partial charge in [0.2, 0.25) is 21.7 Å². The second-order valence-electron chi connectivity index (χ2n) is 6.36. The van der Waals surface area contributed by atoms with Gasteiger partial charge in [-0.2, -0.15) is 9.29 Å². The van der Waals surface area contributed by atoms with E-state index in [2.05, 4.69) is 10.1 Å². The summed E-state index contributed by atoms with van der Waals surface area (Å²) in [5.41, 5.74) is -0.143. The van der Waals surface area contributed by atoms with Crippen LogP contribution in [0.2, 0.25) is 0 Å². The van der Waals surface area contributed by atoms with E-state index in [4.69, 9.17) is 4.52 Å². The average molecular weight is 420 g/mol. The van der Waals surface area contributed by atoms with Crippen LogP contribution in [-0.2, 0) is 10.0 Å². The first kappa shape index (κ1) is 18.7. The summed E-state index contributed by atoms with van der Waals surface area (Å²) in [5, 5.41) is 16.7. The standard InChI is InChI=1S/C17H16N4O5S2/c22-21(23)13-3-5-14(6-4-13)28(24,25)20-9-7-12(8-10-20)17-18-16(19-26-17)15-2-1-11-27-15/h1-6,11-12H,7-10H2. The molecule has 1 aliphatic rings. The number of sulfonamides is 1. The van der Waals surface area contributed by atoms with Crippen molar-refractivity contribution >= 4 is 27.0 Å². The zero-order chi connectivity index (χ0) is 19.7. The summed E-state index contributed by atoms with van der Waals surface area (Å²) in [4.78, 5) is 15.6. The molecule has 9 nitrogen and oxygen atoms in total. The van der Waals surface area contributed by atoms with Gasteiger partial charge in [0.15, 0.2) is 0 Å². The zero-order valence-electron chi connectivity index (χ0n) is 14.6. The minimum atomic E-state index is -3.69. The van der Waals surface area contributed by atoms with E-state index in [9.17, 15) is 18.5 Å². The predicted molar refractivity (Wildman–Crippen MR) is 101 cm³/mol. The van der Waals surface area contributed by atoms with Gasteiger partial charge in [-0.15, -0.1) is 11.3 Å². The van der Waals surface area contributed by atoms with E-state index < -0.39 is 14.9 Å². The maximum Gasteiger partial charge on any atom is 0.269 e. The van der Waals surface area contributed by atoms with Crippen molar-refractivity contribution in [3.8, 4) is 10.7 Å². The van der Waals surface area contributed by atoms with Crippen molar-refractivity contribution in [3.63, 3.8) is 0 Å². The van der Waals surface area contributed by atoms with Crippen LogP contribution in [0.25, 0.3) is 10.7 Å². The molecule has 0 aliphatic carbocycles. The van der Waals surface area contributed by atoms with Gasteiger partial charge in [-0.25, -0.2) is 8.42 Å². The van der Waals surface area contributed by atoms with E-state index in [-0.39, 0.29) is 16.5 Å². The number of piperidine rings is 1. The second kappa shape index (κ2) is 7.41. The third-order valence-corrected chi connectivity index (χ3v) is 7.45. The number of non-ortho nitro benzene ring substituents is 1. The van der Waals surface area contributed by atoms with Crippen LogP contribution in [0.3, 0.4) is 0 Å². The lowest BCUT2D eigenvalue weighted by Gasteiger charge is -2.29. The summed E-state index contributed by atoms with van der Waals surface area (Å²) in [5.74, 6) is 1.08. The normalized spacial score (nSPS) is 16.3. The van der Waals surface area contributed by atoms with Crippen molar-refractivity contribution in [2.45, 2.75) is 23.7 Å². The molecule has 1 fully saturated rings. The largest absolute Gasteiger partial charge is 0.339 e. The molecule has 1 saturated heterocycles. The molecular weight excluding hydrogens is 404 g/mol. The number of thiophene rings is 1. The Morgan fingerprint density at radius 1 is 1.18 bits per heavy atom. The van der Waals surface area contributed by atoms with E-state index in [0.29, 0.717) is 37.6 Å². The Hall–Kier alpha value is -2.63. The fourth-order valence-electron chi connectivity index (χ4n) is 3.14. The van der Waals surface area contributed by atoms with Crippen LogP contribution in [0.1, 0.15) is 24.7 Å². The molecule has 0 spiro atoms. The third-order valence-electron chi connectivity index (χ3n) is 4.67. The van der Waals surface area contributed by atoms with Crippen molar-refractivity contribution in [1.29, 1.82) is 0 Å². The van der Waals surface area contributed by atoms with Gasteiger partial charge >= 0.3 is 0 Å². The second-order valence-corrected chi connectivity index (χ2v) is 9.25. The van der Waals surface area contributed by atoms with Gasteiger partial charge in [0.1, 0.15) is 0 Å². The van der Waals surface area contributed by atoms with Crippen LogP contribution >= 0.6 is 11.3 Å². The van der Waals surface area contributed by atoms with Crippen LogP contribution in [-0.4, -0.2) is 40.9 Å². The number of hydrogen-bond acceptors (Lipinski definition) is 8. The predicted octanol–water partition coefficient (Wildman–Crippen LogP) is 3.27. The zero-order valence-corrected chi connectivity index (χ0v) is 16.2. The summed E-state index contributed by atoms with van der Waals surface area (Å²) in [6, 6.07) is 8.76. The summed E-state index contributed by atoms with van der Waals surface area (Å²) < 4.78 is 32.3. The molecule has 28 heavy (non-hydrogen) atoms. The molecule has 0 amide bonds. The minimum Gasteiger partial charge on any atom is -0.339 e. The quantitative estimate of drug-likeness (QED) is 0.459. The molecule has 3 heterocycles. The number of aromatic nitrogens is 2. The Balaban J connectivity index is 1.44. The van der Waals surface area contributed by atoms with E-state index in [1.165, 1.54) is 39.9 Å². The number of rotatable bonds is 5. The van der Waals surface area contributed by atoms with E-state index in [1.54, 1.807) is 0 Å². The number of nitrogens with zero attached hydrogens (tertiary/aromatic N) is 4. The summed E-state index contributed by atoms with van der Waals surface area (Å²) >= 11 is 1.53. The first-order chi connectivity index (χ1) is 13.4. The Morgan fingerprint density at radius 2 is 1.89 bits per heavy atom. The van der Waals surface area contributed by atoms with Crippen molar-refractivity contribution < 1.29 is 17.9 Å². The van der Waals surface area contributed by atoms with E-state index >= 15 is 0 Å². The lowest BCUT2D eigenvalue weighted by Crippen LogP contribution is -2.37. The van der Waals surface area contributed by atoms with Crippen molar-refractivity contribution in [2.75, 3.05) is 13.1 Å². The maximum absolute atomic E-state index is 12.8. The first-order valence-electron chi connectivity index (χ1n) is 8.57. The minimum absolute atomic E-state index is 0.00419. The molecule has 0 unspecified atom stereocenters. The third kappa shape index (κ3) is 3.55. The molecule has 146 valence electrons. The van der Waals surface area contributed by atoms with Gasteiger partial charge in [0.25, 0.3) is 5.69 Å². The fourth-order valence-corrected chi connectivity index (χ4v) is 5.26. The molecule has 1 aliphatic heterocycles. The Kier molecular flexibility index (Phi) is 4.96. The smallest absolute Gasteiger partial charge is 0.269 e. The molecular formula is C17H16N4O5S2. The Labute approximate surface area is 164 Å². The molecule has 0 N–H and O–H groups in total. The Bertz CT molecular complexity index is 1070. The summed E-state index contributed by atoms with van der Waals surface area (Å²) in [6.07, 6.45) is 1.14. The van der Waals surface area contributed by atoms with Gasteiger partial charge < -0.3 is 4.52 Å². The van der Waals surface area contributed by atoms with E-state index in [0.717, 1.165) is 4.88 Å². The topological polar surface area (TPSA) is 119 Å². The van der Waals surface area contributed by atoms with Crippen LogP contribution in [0.15, 0.2) is 51.2 Å². The van der Waals surface area contributed by atoms with Gasteiger partial charge in [-0.05, 0) is 36.4 Å². The average Bonchev–Trinajstić information content (AvgIpc) is 3.40. The lowest BCUT2D eigenvalue weighted by atomic mass is 9.98. The maximum atomic E-state index is 12.8. The van der Waals surface area contributed by atoms with Crippen molar-refractivity contribution in [2.24, 2.45) is 0 Å². The van der Waals surface area contributed by atoms with Gasteiger partial charge in [-0.1, -0.05) is 11.2 Å². The highest BCUT2D eigenvalue weighted by molar-refractivity contribution is 7.89. The highest BCUT2D eigenvalue weighted by atomic mass is 32.2. The van der Waals surface area contributed by atoms with Crippen LogP contribution < -0.4 is 0 Å². The highest BCUT2D eigenvalue weighted by Gasteiger charge is 2.32. The molecule has 0 atom stereocenters. The molecule has 2 aromatic heterocycles. The SMILES string of the molecule is O=[N+]([O-])c1ccc(S(=O)(=O)N2CCC(c3nc(-c4cccs4)no3)CC2)cc1. The summed E-state index contributed by atoms with van der Waals surface area (Å²) in [6.45, 7) is 0.640. The van der Waals surface area contributed by atoms with Crippen molar-refractivity contribution in [1.82, 2.24) is 14.4 Å². The molecule has 3 aromatic rings. The van der Waals surface area contributed by atoms with Gasteiger partial charge in [0, 0.05) is 31.1 Å². The monoisotopic (exact) mass is 420 g/mol. The molecule has 1 aromatic carbocycles. The molecule has 4 rings (SSSR count). The van der Waals surface area contributed by atoms with Gasteiger partial charge in [0.05, 0.1) is 14.7 Å². The molecule has 0 radical (unpaired) electrons. The summed E-state index contributed by atoms with van der Waals surface area (Å²) in [7, 11) is -3.69. The number of nitro benzene ring substituents is 1. The number of hydrogen-bond donors (Lipinski definition) is 0. The van der Waals surface area contributed by atoms with Crippen LogP contribution in [0.5, 0.6) is 0 Å². The molecule has 11 heteroatoms. The van der Waals surface area contributed by atoms with Crippen LogP contribution in [0.4, 0.5) is 5.69 Å². The lowest BCUT2D eigenvalue weighted by molar-refractivity contribution is -0.384. The van der Waals surface area contributed by atoms with Crippen molar-refractivity contribution in [3.05, 3.63) is 57.8 Å². The van der Waals surface area contributed by atoms with E-state index in [1.807, 2.05) is 17.5 Å². The first-order valence-corrected chi connectivity index (χ1v) is 10.9. The molecule has 0 saturated carbocycles. The number of benzene rings is 1. The van der Waals surface area contributed by atoms with Gasteiger partial charge in [-0.3, -0.25) is 10.1 Å². The highest BCUT2D eigenvalue weighted by Crippen LogP contribution is 2.32. The van der Waals surface area contributed by atoms with Crippen LogP contribution in [0, 0.1) is 10.1 Å². The fraction of sp³-hybridized carbons (Fsp3) is 0.294. The molecule has 0 bridgehead atoms. The Morgan fingerprint density at radius 3 is 2.50 bits per heavy atom.